The molecule has 13 nitrogen and oxygen atoms in total. The molecule has 6 bridgehead atoms. The molecule has 0 aliphatic carbocycles. The van der Waals surface area contributed by atoms with Crippen LogP contribution in [0.25, 0.3) is 0 Å². The minimum atomic E-state index is -4.21. The lowest BCUT2D eigenvalue weighted by Gasteiger charge is -2.61. The molecular formula is C32H75NO12Si8. The van der Waals surface area contributed by atoms with Crippen molar-refractivity contribution in [2.75, 3.05) is 6.54 Å². The standard InChI is InChI=1S/C32H75NO12Si8/c1-26(2)19-47(34)37-50(22-29(7)8)39-48(20-27(3)4)35-46(15,18-16-17-33)36-49(21-28(5)6)40-51(38-47,23-30(9)10)44-53(43-50,25-32(13)14)45-52(41-48,42-49)24-31(11)12/h26-32,34H,16-25,33H2,1-15H3/t46?,47?,48-,49?,50+,51?,52?,53?/m0/s1. The minimum absolute atomic E-state index is 0.0265. The van der Waals surface area contributed by atoms with Crippen molar-refractivity contribution >= 4 is 70.2 Å². The van der Waals surface area contributed by atoms with E-state index in [1.807, 2.05) is 0 Å². The summed E-state index contributed by atoms with van der Waals surface area (Å²) in [5, 5.41) is 0. The van der Waals surface area contributed by atoms with Crippen molar-refractivity contribution in [1.29, 1.82) is 0 Å². The largest absolute Gasteiger partial charge is 0.483 e. The summed E-state index contributed by atoms with van der Waals surface area (Å²) in [5.74, 6) is 0.546. The van der Waals surface area contributed by atoms with Crippen LogP contribution in [0.3, 0.4) is 0 Å². The highest BCUT2D eigenvalue weighted by molar-refractivity contribution is 7.01. The number of hydrogen-bond donors (Lipinski definition) is 2. The molecule has 0 spiro atoms. The molecule has 4 aliphatic heterocycles. The molecule has 0 radical (unpaired) electrons. The molecule has 4 rings (SSSR count). The van der Waals surface area contributed by atoms with E-state index < -0.39 is 70.2 Å². The Labute approximate surface area is 330 Å². The molecule has 0 saturated carbocycles. The van der Waals surface area contributed by atoms with Gasteiger partial charge in [-0.05, 0) is 67.0 Å². The van der Waals surface area contributed by atoms with Crippen LogP contribution in [0.5, 0.6) is 0 Å². The highest BCUT2D eigenvalue weighted by Crippen LogP contribution is 2.53. The quantitative estimate of drug-likeness (QED) is 0.137. The van der Waals surface area contributed by atoms with Gasteiger partial charge in [0.05, 0.1) is 0 Å². The van der Waals surface area contributed by atoms with Gasteiger partial charge in [0.2, 0.25) is 0 Å². The summed E-state index contributed by atoms with van der Waals surface area (Å²) in [6.45, 7) is 32.3. The van der Waals surface area contributed by atoms with Gasteiger partial charge in [0.15, 0.2) is 0 Å². The van der Waals surface area contributed by atoms with Crippen molar-refractivity contribution in [2.24, 2.45) is 47.2 Å². The van der Waals surface area contributed by atoms with Gasteiger partial charge in [0, 0.05) is 42.3 Å². The van der Waals surface area contributed by atoms with Crippen LogP contribution in [0.2, 0.25) is 54.9 Å². The normalized spacial score (nSPS) is 40.8. The van der Waals surface area contributed by atoms with Gasteiger partial charge < -0.3 is 55.8 Å². The molecule has 312 valence electrons. The van der Waals surface area contributed by atoms with Crippen LogP contribution in [-0.4, -0.2) is 81.5 Å². The zero-order valence-corrected chi connectivity index (χ0v) is 43.6. The van der Waals surface area contributed by atoms with Crippen molar-refractivity contribution in [3.63, 3.8) is 0 Å². The van der Waals surface area contributed by atoms with Gasteiger partial charge in [-0.25, -0.2) is 0 Å². The Morgan fingerprint density at radius 2 is 0.604 bits per heavy atom. The van der Waals surface area contributed by atoms with Crippen LogP contribution < -0.4 is 5.73 Å². The Balaban J connectivity index is 2.24. The maximum absolute atomic E-state index is 13.0. The lowest BCUT2D eigenvalue weighted by atomic mass is 10.3. The van der Waals surface area contributed by atoms with Crippen LogP contribution in [0.1, 0.15) is 103 Å². The maximum Gasteiger partial charge on any atom is 0.483 e. The minimum Gasteiger partial charge on any atom is -0.394 e. The predicted octanol–water partition coefficient (Wildman–Crippen LogP) is 7.80. The number of rotatable bonds is 17. The van der Waals surface area contributed by atoms with E-state index in [4.69, 9.17) is 51.0 Å². The first-order chi connectivity index (χ1) is 24.3. The Kier molecular flexibility index (Phi) is 15.4. The summed E-state index contributed by atoms with van der Waals surface area (Å²) in [6.07, 6.45) is 0.681. The molecule has 8 atom stereocenters. The number of nitrogens with two attached hydrogens (primary N) is 1. The van der Waals surface area contributed by atoms with Crippen LogP contribution in [0, 0.1) is 41.4 Å². The SMILES string of the molecule is CC(C)C[Si]1(O)O[Si]2(CC(C)C)O[Si]3(CC(C)C)O[Si](C)(CCCN)O[Si@]4(CC(C)C)O[Si](CC(C)C)(O3)O[Si](CC(C)C)(O2)O[Si@](CC(C)C)(O1)O4. The van der Waals surface area contributed by atoms with Gasteiger partial charge in [-0.15, -0.1) is 0 Å². The van der Waals surface area contributed by atoms with E-state index >= 15 is 0 Å². The van der Waals surface area contributed by atoms with E-state index in [2.05, 4.69) is 103 Å². The zero-order chi connectivity index (χ0) is 39.9. The fourth-order valence-electron chi connectivity index (χ4n) is 8.09. The molecule has 0 aromatic heterocycles. The third-order valence-electron chi connectivity index (χ3n) is 9.00. The molecule has 4 heterocycles. The van der Waals surface area contributed by atoms with Gasteiger partial charge in [-0.3, -0.25) is 0 Å². The Hall–Kier alpha value is 1.22. The van der Waals surface area contributed by atoms with Crippen molar-refractivity contribution in [1.82, 2.24) is 0 Å². The second-order valence-electron chi connectivity index (χ2n) is 19.1. The summed E-state index contributed by atoms with van der Waals surface area (Å²) in [7, 11) is -31.4. The third-order valence-corrected chi connectivity index (χ3v) is 47.9. The molecule has 4 saturated heterocycles. The van der Waals surface area contributed by atoms with Gasteiger partial charge in [-0.2, -0.15) is 0 Å². The second-order valence-corrected chi connectivity index (χ2v) is 43.4. The molecule has 3 N–H and O–H groups in total. The first-order valence-electron chi connectivity index (χ1n) is 20.4. The molecule has 4 fully saturated rings. The van der Waals surface area contributed by atoms with Crippen LogP contribution in [0.4, 0.5) is 0 Å². The Bertz CT molecular complexity index is 1160. The lowest BCUT2D eigenvalue weighted by molar-refractivity contribution is -0.00581. The first kappa shape index (κ1) is 46.9. The summed E-state index contributed by atoms with van der Waals surface area (Å²) in [5.41, 5.74) is 6.18. The fraction of sp³-hybridized carbons (Fsp3) is 1.00. The molecule has 4 aliphatic rings. The zero-order valence-electron chi connectivity index (χ0n) is 35.6. The summed E-state index contributed by atoms with van der Waals surface area (Å²) >= 11 is 0. The summed E-state index contributed by atoms with van der Waals surface area (Å²) in [6, 6.07) is 3.44. The van der Waals surface area contributed by atoms with Gasteiger partial charge in [0.1, 0.15) is 0 Å². The average Bonchev–Trinajstić information content (AvgIpc) is 2.84. The molecule has 0 amide bonds. The van der Waals surface area contributed by atoms with E-state index in [-0.39, 0.29) is 47.5 Å². The van der Waals surface area contributed by atoms with Gasteiger partial charge in [-0.1, -0.05) is 96.9 Å². The molecule has 53 heavy (non-hydrogen) atoms. The van der Waals surface area contributed by atoms with Gasteiger partial charge >= 0.3 is 70.2 Å². The van der Waals surface area contributed by atoms with E-state index in [1.54, 1.807) is 0 Å². The van der Waals surface area contributed by atoms with E-state index in [0.717, 1.165) is 0 Å². The summed E-state index contributed by atoms with van der Waals surface area (Å²) in [4.78, 5) is 13.0. The second kappa shape index (κ2) is 17.4. The summed E-state index contributed by atoms with van der Waals surface area (Å²) < 4.78 is 83.6. The van der Waals surface area contributed by atoms with Crippen LogP contribution in [0.15, 0.2) is 0 Å². The Morgan fingerprint density at radius 1 is 0.377 bits per heavy atom. The third kappa shape index (κ3) is 12.1. The van der Waals surface area contributed by atoms with Crippen molar-refractivity contribution in [2.45, 2.75) is 158 Å². The monoisotopic (exact) mass is 889 g/mol. The first-order valence-corrected chi connectivity index (χ1v) is 36.5. The highest BCUT2D eigenvalue weighted by atomic mass is 28.6. The number of fused-ring (bicyclic) bond motifs is 4. The van der Waals surface area contributed by atoms with Crippen molar-refractivity contribution in [3.05, 3.63) is 0 Å². The average molecular weight is 891 g/mol. The maximum atomic E-state index is 13.0. The van der Waals surface area contributed by atoms with E-state index in [0.29, 0.717) is 55.3 Å². The van der Waals surface area contributed by atoms with E-state index in [1.165, 1.54) is 0 Å². The van der Waals surface area contributed by atoms with E-state index in [9.17, 15) is 4.80 Å². The van der Waals surface area contributed by atoms with Crippen molar-refractivity contribution < 1.29 is 50.1 Å². The number of hydrogen-bond acceptors (Lipinski definition) is 13. The Morgan fingerprint density at radius 3 is 0.830 bits per heavy atom. The molecule has 0 aromatic carbocycles. The smallest absolute Gasteiger partial charge is 0.394 e. The molecule has 21 heteroatoms. The fourth-order valence-corrected chi connectivity index (χ4v) is 56.7. The lowest BCUT2D eigenvalue weighted by Crippen LogP contribution is -2.85. The van der Waals surface area contributed by atoms with Crippen LogP contribution in [-0.2, 0) is 45.3 Å². The predicted molar refractivity (Wildman–Crippen MR) is 222 cm³/mol. The van der Waals surface area contributed by atoms with Gasteiger partial charge in [0.25, 0.3) is 0 Å². The molecule has 0 aromatic rings. The highest BCUT2D eigenvalue weighted by Gasteiger charge is 2.79. The molecular weight excluding hydrogens is 815 g/mol. The van der Waals surface area contributed by atoms with Crippen LogP contribution >= 0.6 is 0 Å². The molecule has 6 unspecified atom stereocenters. The van der Waals surface area contributed by atoms with Crippen molar-refractivity contribution in [3.8, 4) is 0 Å². The topological polar surface area (TPSA) is 148 Å².